The molecule has 0 fully saturated rings. The summed E-state index contributed by atoms with van der Waals surface area (Å²) in [4.78, 5) is 0. The Bertz CT molecular complexity index is 728. The SMILES string of the molecule is c1ccc2c(c1)ccc1c3c(ccc12)CCN3. The van der Waals surface area contributed by atoms with Crippen molar-refractivity contribution in [3.05, 3.63) is 54.1 Å². The lowest BCUT2D eigenvalue weighted by molar-refractivity contribution is 1.11. The van der Waals surface area contributed by atoms with Gasteiger partial charge in [-0.25, -0.2) is 0 Å². The zero-order valence-corrected chi connectivity index (χ0v) is 9.53. The zero-order chi connectivity index (χ0) is 11.2. The van der Waals surface area contributed by atoms with E-state index < -0.39 is 0 Å². The van der Waals surface area contributed by atoms with E-state index in [1.54, 1.807) is 0 Å². The zero-order valence-electron chi connectivity index (χ0n) is 9.53. The number of nitrogens with one attached hydrogen (secondary N) is 1. The Morgan fingerprint density at radius 3 is 2.65 bits per heavy atom. The number of hydrogen-bond donors (Lipinski definition) is 1. The topological polar surface area (TPSA) is 12.0 Å². The molecule has 0 atom stereocenters. The molecule has 0 radical (unpaired) electrons. The number of hydrogen-bond acceptors (Lipinski definition) is 1. The highest BCUT2D eigenvalue weighted by molar-refractivity contribution is 6.12. The summed E-state index contributed by atoms with van der Waals surface area (Å²) in [6.07, 6.45) is 1.15. The second kappa shape index (κ2) is 3.24. The van der Waals surface area contributed by atoms with Crippen molar-refractivity contribution in [2.45, 2.75) is 6.42 Å². The molecule has 0 aliphatic carbocycles. The highest BCUT2D eigenvalue weighted by Gasteiger charge is 2.13. The van der Waals surface area contributed by atoms with Crippen LogP contribution in [0.15, 0.2) is 48.5 Å². The molecule has 1 heterocycles. The number of fused-ring (bicyclic) bond motifs is 5. The Morgan fingerprint density at radius 1 is 0.765 bits per heavy atom. The monoisotopic (exact) mass is 219 g/mol. The molecule has 4 rings (SSSR count). The Labute approximate surface area is 100 Å². The van der Waals surface area contributed by atoms with Gasteiger partial charge in [0.2, 0.25) is 0 Å². The summed E-state index contributed by atoms with van der Waals surface area (Å²) in [5.41, 5.74) is 2.79. The quantitative estimate of drug-likeness (QED) is 0.564. The average Bonchev–Trinajstić information content (AvgIpc) is 2.86. The maximum atomic E-state index is 3.51. The minimum atomic E-state index is 1.07. The van der Waals surface area contributed by atoms with E-state index in [9.17, 15) is 0 Å². The summed E-state index contributed by atoms with van der Waals surface area (Å²) in [5, 5.41) is 8.89. The van der Waals surface area contributed by atoms with E-state index in [-0.39, 0.29) is 0 Å². The van der Waals surface area contributed by atoms with E-state index in [0.717, 1.165) is 13.0 Å². The van der Waals surface area contributed by atoms with Crippen LogP contribution in [0.5, 0.6) is 0 Å². The van der Waals surface area contributed by atoms with Crippen molar-refractivity contribution in [3.8, 4) is 0 Å². The van der Waals surface area contributed by atoms with Crippen LogP contribution in [0.3, 0.4) is 0 Å². The van der Waals surface area contributed by atoms with Gasteiger partial charge >= 0.3 is 0 Å². The first-order valence-corrected chi connectivity index (χ1v) is 6.11. The summed E-state index contributed by atoms with van der Waals surface area (Å²) in [6.45, 7) is 1.07. The highest BCUT2D eigenvalue weighted by atomic mass is 14.9. The van der Waals surface area contributed by atoms with Crippen LogP contribution in [0, 0.1) is 0 Å². The van der Waals surface area contributed by atoms with Crippen LogP contribution in [-0.4, -0.2) is 6.54 Å². The molecule has 17 heavy (non-hydrogen) atoms. The normalized spacial score (nSPS) is 13.9. The summed E-state index contributed by atoms with van der Waals surface area (Å²) in [7, 11) is 0. The fourth-order valence-corrected chi connectivity index (χ4v) is 2.87. The lowest BCUT2D eigenvalue weighted by Gasteiger charge is -2.08. The molecule has 3 aromatic carbocycles. The lowest BCUT2D eigenvalue weighted by atomic mass is 9.99. The van der Waals surface area contributed by atoms with Gasteiger partial charge in [0.25, 0.3) is 0 Å². The summed E-state index contributed by atoms with van der Waals surface area (Å²) < 4.78 is 0. The van der Waals surface area contributed by atoms with E-state index in [2.05, 4.69) is 53.8 Å². The van der Waals surface area contributed by atoms with E-state index >= 15 is 0 Å². The van der Waals surface area contributed by atoms with Gasteiger partial charge in [-0.3, -0.25) is 0 Å². The van der Waals surface area contributed by atoms with Gasteiger partial charge in [-0.2, -0.15) is 0 Å². The van der Waals surface area contributed by atoms with Crippen LogP contribution >= 0.6 is 0 Å². The van der Waals surface area contributed by atoms with Crippen LogP contribution in [0.1, 0.15) is 5.56 Å². The van der Waals surface area contributed by atoms with E-state index in [1.807, 2.05) is 0 Å². The third kappa shape index (κ3) is 1.19. The van der Waals surface area contributed by atoms with Crippen molar-refractivity contribution in [1.82, 2.24) is 0 Å². The second-order valence-corrected chi connectivity index (χ2v) is 4.66. The minimum Gasteiger partial charge on any atom is -0.384 e. The van der Waals surface area contributed by atoms with E-state index in [1.165, 1.54) is 32.8 Å². The molecule has 1 aliphatic heterocycles. The first-order chi connectivity index (χ1) is 8.43. The van der Waals surface area contributed by atoms with Crippen molar-refractivity contribution in [3.63, 3.8) is 0 Å². The van der Waals surface area contributed by atoms with Crippen LogP contribution in [0.25, 0.3) is 21.5 Å². The fourth-order valence-electron chi connectivity index (χ4n) is 2.87. The Balaban J connectivity index is 2.22. The minimum absolute atomic E-state index is 1.07. The van der Waals surface area contributed by atoms with Gasteiger partial charge in [-0.05, 0) is 28.1 Å². The van der Waals surface area contributed by atoms with Crippen molar-refractivity contribution < 1.29 is 0 Å². The Hall–Kier alpha value is -2.02. The van der Waals surface area contributed by atoms with E-state index in [4.69, 9.17) is 0 Å². The van der Waals surface area contributed by atoms with Gasteiger partial charge in [0.05, 0.1) is 0 Å². The molecule has 0 aromatic heterocycles. The van der Waals surface area contributed by atoms with Crippen molar-refractivity contribution >= 4 is 27.2 Å². The first-order valence-electron chi connectivity index (χ1n) is 6.11. The fraction of sp³-hybridized carbons (Fsp3) is 0.125. The molecule has 0 unspecified atom stereocenters. The number of benzene rings is 3. The Morgan fingerprint density at radius 2 is 1.65 bits per heavy atom. The van der Waals surface area contributed by atoms with Crippen LogP contribution in [0.4, 0.5) is 5.69 Å². The molecule has 1 heteroatoms. The largest absolute Gasteiger partial charge is 0.384 e. The molecule has 3 aromatic rings. The first kappa shape index (κ1) is 9.06. The third-order valence-corrected chi connectivity index (χ3v) is 3.71. The molecule has 0 saturated carbocycles. The van der Waals surface area contributed by atoms with Gasteiger partial charge in [0.15, 0.2) is 0 Å². The molecule has 1 aliphatic rings. The molecule has 82 valence electrons. The maximum Gasteiger partial charge on any atom is 0.0453 e. The van der Waals surface area contributed by atoms with E-state index in [0.29, 0.717) is 0 Å². The smallest absolute Gasteiger partial charge is 0.0453 e. The molecule has 0 spiro atoms. The predicted molar refractivity (Wildman–Crippen MR) is 73.6 cm³/mol. The third-order valence-electron chi connectivity index (χ3n) is 3.71. The molecule has 0 amide bonds. The van der Waals surface area contributed by atoms with Crippen molar-refractivity contribution in [2.24, 2.45) is 0 Å². The molecule has 0 saturated heterocycles. The van der Waals surface area contributed by atoms with Crippen molar-refractivity contribution in [1.29, 1.82) is 0 Å². The predicted octanol–water partition coefficient (Wildman–Crippen LogP) is 3.96. The van der Waals surface area contributed by atoms with Gasteiger partial charge in [0, 0.05) is 17.6 Å². The molecule has 1 nitrogen and oxygen atoms in total. The standard InChI is InChI=1S/C16H13N/c1-2-4-13-11(3-1)5-8-15-14(13)7-6-12-9-10-17-16(12)15/h1-8,17H,9-10H2. The molecule has 1 N–H and O–H groups in total. The lowest BCUT2D eigenvalue weighted by Crippen LogP contribution is -1.91. The van der Waals surface area contributed by atoms with Crippen LogP contribution in [0.2, 0.25) is 0 Å². The molecule has 0 bridgehead atoms. The van der Waals surface area contributed by atoms with Crippen LogP contribution in [-0.2, 0) is 6.42 Å². The molecular formula is C16H13N. The number of rotatable bonds is 0. The van der Waals surface area contributed by atoms with Gasteiger partial charge in [0.1, 0.15) is 0 Å². The van der Waals surface area contributed by atoms with Crippen LogP contribution < -0.4 is 5.32 Å². The average molecular weight is 219 g/mol. The highest BCUT2D eigenvalue weighted by Crippen LogP contribution is 2.35. The summed E-state index contributed by atoms with van der Waals surface area (Å²) >= 11 is 0. The summed E-state index contributed by atoms with van der Waals surface area (Å²) in [6, 6.07) is 17.6. The van der Waals surface area contributed by atoms with Gasteiger partial charge in [-0.15, -0.1) is 0 Å². The van der Waals surface area contributed by atoms with Crippen molar-refractivity contribution in [2.75, 3.05) is 11.9 Å². The maximum absolute atomic E-state index is 3.51. The van der Waals surface area contributed by atoms with Gasteiger partial charge < -0.3 is 5.32 Å². The second-order valence-electron chi connectivity index (χ2n) is 4.66. The summed E-state index contributed by atoms with van der Waals surface area (Å²) in [5.74, 6) is 0. The number of anilines is 1. The molecular weight excluding hydrogens is 206 g/mol. The Kier molecular flexibility index (Phi) is 1.72. The van der Waals surface area contributed by atoms with Gasteiger partial charge in [-0.1, -0.05) is 48.5 Å².